The van der Waals surface area contributed by atoms with E-state index in [2.05, 4.69) is 50.2 Å². The van der Waals surface area contributed by atoms with Crippen molar-refractivity contribution in [2.45, 2.75) is 46.2 Å². The monoisotopic (exact) mass is 300 g/mol. The van der Waals surface area contributed by atoms with Crippen molar-refractivity contribution in [2.75, 3.05) is 27.7 Å². The van der Waals surface area contributed by atoms with E-state index in [1.54, 1.807) is 6.20 Å². The molecule has 1 rings (SSSR count). The van der Waals surface area contributed by atoms with Gasteiger partial charge in [-0.25, -0.2) is 0 Å². The van der Waals surface area contributed by atoms with Gasteiger partial charge in [0.05, 0.1) is 23.5 Å². The van der Waals surface area contributed by atoms with Gasteiger partial charge in [0.2, 0.25) is 0 Å². The van der Waals surface area contributed by atoms with Crippen molar-refractivity contribution in [3.05, 3.63) is 16.9 Å². The topological polar surface area (TPSA) is 33.1 Å². The highest BCUT2D eigenvalue weighted by Gasteiger charge is 2.23. The van der Waals surface area contributed by atoms with Crippen LogP contribution in [-0.2, 0) is 13.0 Å². The van der Waals surface area contributed by atoms with Crippen molar-refractivity contribution in [2.24, 2.45) is 5.41 Å². The van der Waals surface area contributed by atoms with Gasteiger partial charge in [0, 0.05) is 12.6 Å². The van der Waals surface area contributed by atoms with Crippen molar-refractivity contribution in [1.29, 1.82) is 0 Å². The SMILES string of the molecule is CNC(CCc1c(Cl)cnn1CCN(C)C)C(C)(C)C. The minimum atomic E-state index is 0.246. The molecule has 0 saturated heterocycles. The zero-order valence-electron chi connectivity index (χ0n) is 13.7. The molecule has 1 N–H and O–H groups in total. The Kier molecular flexibility index (Phi) is 6.49. The van der Waals surface area contributed by atoms with Crippen LogP contribution >= 0.6 is 11.6 Å². The summed E-state index contributed by atoms with van der Waals surface area (Å²) in [6, 6.07) is 0.468. The molecule has 1 atom stereocenters. The Balaban J connectivity index is 2.69. The quantitative estimate of drug-likeness (QED) is 0.840. The predicted octanol–water partition coefficient (Wildman–Crippen LogP) is 2.66. The van der Waals surface area contributed by atoms with Gasteiger partial charge in [0.15, 0.2) is 0 Å². The van der Waals surface area contributed by atoms with Crippen molar-refractivity contribution < 1.29 is 0 Å². The van der Waals surface area contributed by atoms with Crippen LogP contribution in [0, 0.1) is 5.41 Å². The van der Waals surface area contributed by atoms with Gasteiger partial charge >= 0.3 is 0 Å². The molecule has 5 heteroatoms. The van der Waals surface area contributed by atoms with Crippen molar-refractivity contribution >= 4 is 11.6 Å². The number of likely N-dealkylation sites (N-methyl/N-ethyl adjacent to an activating group) is 1. The molecular formula is C15H29ClN4. The van der Waals surface area contributed by atoms with Gasteiger partial charge in [-0.3, -0.25) is 4.68 Å². The highest BCUT2D eigenvalue weighted by Crippen LogP contribution is 2.25. The first-order valence-electron chi connectivity index (χ1n) is 7.28. The molecule has 0 aromatic carbocycles. The first kappa shape index (κ1) is 17.5. The molecule has 0 spiro atoms. The van der Waals surface area contributed by atoms with Crippen molar-refractivity contribution in [3.8, 4) is 0 Å². The number of hydrogen-bond acceptors (Lipinski definition) is 3. The Bertz CT molecular complexity index is 406. The largest absolute Gasteiger partial charge is 0.316 e. The molecule has 1 aromatic rings. The van der Waals surface area contributed by atoms with E-state index in [9.17, 15) is 0 Å². The van der Waals surface area contributed by atoms with Crippen LogP contribution in [0.25, 0.3) is 0 Å². The van der Waals surface area contributed by atoms with Crippen LogP contribution in [0.3, 0.4) is 0 Å². The summed E-state index contributed by atoms with van der Waals surface area (Å²) in [6.07, 6.45) is 3.78. The third kappa shape index (κ3) is 5.08. The van der Waals surface area contributed by atoms with E-state index in [1.165, 1.54) is 0 Å². The molecular weight excluding hydrogens is 272 g/mol. The summed E-state index contributed by atoms with van der Waals surface area (Å²) in [5, 5.41) is 8.59. The van der Waals surface area contributed by atoms with Gasteiger partial charge in [-0.05, 0) is 39.4 Å². The van der Waals surface area contributed by atoms with Gasteiger partial charge in [-0.1, -0.05) is 32.4 Å². The zero-order chi connectivity index (χ0) is 15.3. The van der Waals surface area contributed by atoms with Crippen LogP contribution in [0.5, 0.6) is 0 Å². The molecule has 0 radical (unpaired) electrons. The second-order valence-electron chi connectivity index (χ2n) is 6.71. The Hall–Kier alpha value is -0.580. The summed E-state index contributed by atoms with van der Waals surface area (Å²) < 4.78 is 2.04. The second kappa shape index (κ2) is 7.43. The second-order valence-corrected chi connectivity index (χ2v) is 7.12. The van der Waals surface area contributed by atoms with E-state index in [1.807, 2.05) is 11.7 Å². The average Bonchev–Trinajstić information content (AvgIpc) is 2.67. The Morgan fingerprint density at radius 3 is 2.55 bits per heavy atom. The summed E-state index contributed by atoms with van der Waals surface area (Å²) in [5.74, 6) is 0. The molecule has 0 saturated carbocycles. The molecule has 0 amide bonds. The fourth-order valence-corrected chi connectivity index (χ4v) is 2.65. The highest BCUT2D eigenvalue weighted by molar-refractivity contribution is 6.31. The van der Waals surface area contributed by atoms with Crippen LogP contribution in [-0.4, -0.2) is 48.4 Å². The molecule has 116 valence electrons. The Morgan fingerprint density at radius 1 is 1.40 bits per heavy atom. The van der Waals surface area contributed by atoms with Crippen LogP contribution in [0.1, 0.15) is 32.9 Å². The van der Waals surface area contributed by atoms with E-state index in [0.29, 0.717) is 6.04 Å². The van der Waals surface area contributed by atoms with Gasteiger partial charge in [0.1, 0.15) is 0 Å². The van der Waals surface area contributed by atoms with Crippen LogP contribution in [0.2, 0.25) is 5.02 Å². The average molecular weight is 301 g/mol. The molecule has 0 aliphatic rings. The van der Waals surface area contributed by atoms with E-state index in [4.69, 9.17) is 11.6 Å². The smallest absolute Gasteiger partial charge is 0.0817 e. The standard InChI is InChI=1S/C15H29ClN4/c1-15(2,3)14(17-4)8-7-13-12(16)11-18-20(13)10-9-19(5)6/h11,14,17H,7-10H2,1-6H3. The van der Waals surface area contributed by atoms with E-state index in [0.717, 1.165) is 36.6 Å². The van der Waals surface area contributed by atoms with Crippen LogP contribution in [0.15, 0.2) is 6.20 Å². The molecule has 1 heterocycles. The van der Waals surface area contributed by atoms with Crippen molar-refractivity contribution in [3.63, 3.8) is 0 Å². The lowest BCUT2D eigenvalue weighted by atomic mass is 9.84. The summed E-state index contributed by atoms with van der Waals surface area (Å²) in [6.45, 7) is 8.64. The predicted molar refractivity (Wildman–Crippen MR) is 86.4 cm³/mol. The maximum absolute atomic E-state index is 6.28. The lowest BCUT2D eigenvalue weighted by molar-refractivity contribution is 0.266. The Labute approximate surface area is 128 Å². The van der Waals surface area contributed by atoms with E-state index < -0.39 is 0 Å². The van der Waals surface area contributed by atoms with Crippen LogP contribution in [0.4, 0.5) is 0 Å². The molecule has 1 unspecified atom stereocenters. The first-order chi connectivity index (χ1) is 9.25. The molecule has 1 aromatic heterocycles. The maximum atomic E-state index is 6.28. The zero-order valence-corrected chi connectivity index (χ0v) is 14.5. The molecule has 0 aliphatic carbocycles. The molecule has 4 nitrogen and oxygen atoms in total. The highest BCUT2D eigenvalue weighted by atomic mass is 35.5. The summed E-state index contributed by atoms with van der Waals surface area (Å²) in [4.78, 5) is 2.16. The number of nitrogens with one attached hydrogen (secondary N) is 1. The minimum absolute atomic E-state index is 0.246. The summed E-state index contributed by atoms with van der Waals surface area (Å²) in [5.41, 5.74) is 1.40. The fraction of sp³-hybridized carbons (Fsp3) is 0.800. The number of rotatable bonds is 7. The molecule has 0 fully saturated rings. The summed E-state index contributed by atoms with van der Waals surface area (Å²) >= 11 is 6.28. The third-order valence-corrected chi connectivity index (χ3v) is 4.04. The van der Waals surface area contributed by atoms with Gasteiger partial charge in [-0.2, -0.15) is 5.10 Å². The summed E-state index contributed by atoms with van der Waals surface area (Å²) in [7, 11) is 6.17. The fourth-order valence-electron chi connectivity index (χ4n) is 2.42. The molecule has 0 bridgehead atoms. The van der Waals surface area contributed by atoms with E-state index in [-0.39, 0.29) is 5.41 Å². The van der Waals surface area contributed by atoms with Crippen molar-refractivity contribution in [1.82, 2.24) is 20.0 Å². The number of aromatic nitrogens is 2. The van der Waals surface area contributed by atoms with Gasteiger partial charge < -0.3 is 10.2 Å². The lowest BCUT2D eigenvalue weighted by Crippen LogP contribution is -2.38. The normalized spacial score (nSPS) is 14.0. The Morgan fingerprint density at radius 2 is 2.05 bits per heavy atom. The van der Waals surface area contributed by atoms with Crippen LogP contribution < -0.4 is 5.32 Å². The third-order valence-electron chi connectivity index (χ3n) is 3.72. The molecule has 20 heavy (non-hydrogen) atoms. The maximum Gasteiger partial charge on any atom is 0.0817 e. The number of nitrogens with zero attached hydrogens (tertiary/aromatic N) is 3. The number of hydrogen-bond donors (Lipinski definition) is 1. The molecule has 0 aliphatic heterocycles. The van der Waals surface area contributed by atoms with Gasteiger partial charge in [0.25, 0.3) is 0 Å². The lowest BCUT2D eigenvalue weighted by Gasteiger charge is -2.30. The van der Waals surface area contributed by atoms with Gasteiger partial charge in [-0.15, -0.1) is 0 Å². The first-order valence-corrected chi connectivity index (χ1v) is 7.65. The number of halogens is 1. The van der Waals surface area contributed by atoms with E-state index >= 15 is 0 Å². The minimum Gasteiger partial charge on any atom is -0.316 e.